The Balaban J connectivity index is 0. The van der Waals surface area contributed by atoms with Crippen LogP contribution in [0.15, 0.2) is 9.97 Å². The number of nitrogens with one attached hydrogen (secondary N) is 1. The molecule has 1 aromatic rings. The Kier molecular flexibility index (Phi) is 6.87. The van der Waals surface area contributed by atoms with Crippen molar-refractivity contribution in [1.82, 2.24) is 9.55 Å². The van der Waals surface area contributed by atoms with E-state index in [9.17, 15) is 14.5 Å². The van der Waals surface area contributed by atoms with Crippen LogP contribution in [0.2, 0.25) is 0 Å². The van der Waals surface area contributed by atoms with Crippen LogP contribution in [0, 0.1) is 4.91 Å². The predicted molar refractivity (Wildman–Crippen MR) is 62.7 cm³/mol. The number of aliphatic carboxylic acids is 1. The number of carboxylic acids is 1. The molecule has 1 heterocycles. The molecule has 18 heavy (non-hydrogen) atoms. The van der Waals surface area contributed by atoms with E-state index >= 15 is 0 Å². The zero-order chi connectivity index (χ0) is 12.3. The van der Waals surface area contributed by atoms with Gasteiger partial charge in [-0.15, -0.1) is 4.91 Å². The smallest absolute Gasteiger partial charge is 0.322 e. The lowest BCUT2D eigenvalue weighted by Gasteiger charge is -2.09. The first-order valence-electron chi connectivity index (χ1n) is 4.13. The second-order valence-electron chi connectivity index (χ2n) is 2.87. The monoisotopic (exact) mass is 263 g/mol. The molecule has 0 saturated carbocycles. The van der Waals surface area contributed by atoms with E-state index in [0.717, 1.165) is 4.57 Å². The third-order valence-corrected chi connectivity index (χ3v) is 1.78. The molecule has 11 nitrogen and oxygen atoms in total. The fraction of sp³-hybridized carbons (Fsp3) is 0.286. The Morgan fingerprint density at radius 1 is 1.56 bits per heavy atom. The van der Waals surface area contributed by atoms with Gasteiger partial charge < -0.3 is 27.1 Å². The summed E-state index contributed by atoms with van der Waals surface area (Å²) in [4.78, 5) is 35.7. The molecule has 0 atom stereocenters. The van der Waals surface area contributed by atoms with Crippen LogP contribution < -0.4 is 16.6 Å². The van der Waals surface area contributed by atoms with Crippen molar-refractivity contribution < 1.29 is 20.9 Å². The summed E-state index contributed by atoms with van der Waals surface area (Å²) in [7, 11) is 1.31. The molecule has 0 aliphatic heterocycles. The fourth-order valence-electron chi connectivity index (χ4n) is 1.01. The maximum atomic E-state index is 11.4. The van der Waals surface area contributed by atoms with Crippen LogP contribution in [-0.2, 0) is 11.8 Å². The molecule has 0 fully saturated rings. The van der Waals surface area contributed by atoms with Gasteiger partial charge >= 0.3 is 5.97 Å². The number of rotatable bonds is 4. The molecule has 0 amide bonds. The van der Waals surface area contributed by atoms with E-state index in [2.05, 4.69) is 15.5 Å². The highest BCUT2D eigenvalue weighted by atomic mass is 16.4. The fourth-order valence-corrected chi connectivity index (χ4v) is 1.01. The highest BCUT2D eigenvalue weighted by Gasteiger charge is 2.13. The highest BCUT2D eigenvalue weighted by Crippen LogP contribution is 2.15. The van der Waals surface area contributed by atoms with E-state index in [1.54, 1.807) is 0 Å². The first-order valence-corrected chi connectivity index (χ1v) is 4.13. The topological polar surface area (TPSA) is 203 Å². The van der Waals surface area contributed by atoms with Crippen molar-refractivity contribution in [3.8, 4) is 0 Å². The summed E-state index contributed by atoms with van der Waals surface area (Å²) < 4.78 is 0.954. The zero-order valence-corrected chi connectivity index (χ0v) is 9.30. The lowest BCUT2D eigenvalue weighted by Crippen LogP contribution is -2.25. The van der Waals surface area contributed by atoms with Crippen molar-refractivity contribution in [2.24, 2.45) is 12.2 Å². The third-order valence-electron chi connectivity index (χ3n) is 1.78. The Morgan fingerprint density at radius 3 is 2.56 bits per heavy atom. The summed E-state index contributed by atoms with van der Waals surface area (Å²) in [5.74, 6) is -1.51. The van der Waals surface area contributed by atoms with Crippen LogP contribution in [0.4, 0.5) is 17.5 Å². The molecule has 0 aromatic carbocycles. The van der Waals surface area contributed by atoms with E-state index < -0.39 is 23.8 Å². The Labute approximate surface area is 99.8 Å². The molecule has 0 bridgehead atoms. The van der Waals surface area contributed by atoms with Crippen LogP contribution in [0.1, 0.15) is 0 Å². The highest BCUT2D eigenvalue weighted by molar-refractivity contribution is 5.72. The molecule has 0 unspecified atom stereocenters. The number of carboxylic acid groups (broad SMARTS) is 1. The minimum Gasteiger partial charge on any atom is -0.480 e. The van der Waals surface area contributed by atoms with Crippen molar-refractivity contribution in [1.29, 1.82) is 0 Å². The molecular weight excluding hydrogens is 250 g/mol. The molecule has 0 aliphatic carbocycles. The number of carbonyl (C=O) groups is 1. The molecule has 1 aromatic heterocycles. The average molecular weight is 263 g/mol. The van der Waals surface area contributed by atoms with Crippen molar-refractivity contribution in [2.75, 3.05) is 17.6 Å². The number of nitroso groups, excluding NO2 is 1. The summed E-state index contributed by atoms with van der Waals surface area (Å²) in [5.41, 5.74) is 4.07. The van der Waals surface area contributed by atoms with Crippen molar-refractivity contribution >= 4 is 23.4 Å². The Morgan fingerprint density at radius 2 is 2.11 bits per heavy atom. The van der Waals surface area contributed by atoms with Gasteiger partial charge in [0.25, 0.3) is 5.56 Å². The summed E-state index contributed by atoms with van der Waals surface area (Å²) in [6, 6.07) is 0. The van der Waals surface area contributed by atoms with Crippen LogP contribution in [0.5, 0.6) is 0 Å². The van der Waals surface area contributed by atoms with E-state index in [-0.39, 0.29) is 22.7 Å². The lowest BCUT2D eigenvalue weighted by molar-refractivity contribution is -0.134. The van der Waals surface area contributed by atoms with Gasteiger partial charge in [-0.25, -0.2) is 0 Å². The van der Waals surface area contributed by atoms with Gasteiger partial charge in [0.1, 0.15) is 6.54 Å². The van der Waals surface area contributed by atoms with Gasteiger partial charge in [0.2, 0.25) is 11.6 Å². The average Bonchev–Trinajstić information content (AvgIpc) is 2.22. The normalized spacial score (nSPS) is 8.72. The summed E-state index contributed by atoms with van der Waals surface area (Å²) >= 11 is 0. The van der Waals surface area contributed by atoms with E-state index in [1.165, 1.54) is 7.05 Å². The number of aromatic nitrogens is 2. The van der Waals surface area contributed by atoms with Crippen LogP contribution >= 0.6 is 0 Å². The van der Waals surface area contributed by atoms with Crippen molar-refractivity contribution in [3.05, 3.63) is 15.3 Å². The van der Waals surface area contributed by atoms with E-state index in [0.29, 0.717) is 0 Å². The summed E-state index contributed by atoms with van der Waals surface area (Å²) in [5, 5.41) is 13.3. The number of nitrogens with zero attached hydrogens (tertiary/aromatic N) is 3. The molecule has 0 spiro atoms. The largest absolute Gasteiger partial charge is 0.480 e. The predicted octanol–water partition coefficient (Wildman–Crippen LogP) is -2.39. The Hall–Kier alpha value is -2.53. The van der Waals surface area contributed by atoms with Gasteiger partial charge in [0, 0.05) is 7.05 Å². The zero-order valence-electron chi connectivity index (χ0n) is 9.30. The number of nitrogens with two attached hydrogens (primary N) is 1. The molecule has 0 aliphatic rings. The number of anilines is 2. The van der Waals surface area contributed by atoms with Gasteiger partial charge in [-0.05, 0) is 5.18 Å². The van der Waals surface area contributed by atoms with Crippen LogP contribution in [-0.4, -0.2) is 38.1 Å². The molecule has 0 radical (unpaired) electrons. The quantitative estimate of drug-likeness (QED) is 0.502. The SMILES string of the molecule is Cn1c(NCC(=O)O)nc(N)c(N=O)c1=O.O.O. The van der Waals surface area contributed by atoms with Crippen molar-refractivity contribution in [2.45, 2.75) is 0 Å². The molecule has 8 N–H and O–H groups in total. The Bertz CT molecular complexity index is 498. The molecular formula is C7H13N5O6. The summed E-state index contributed by atoms with van der Waals surface area (Å²) in [6.07, 6.45) is 0. The van der Waals surface area contributed by atoms with Gasteiger partial charge in [-0.2, -0.15) is 4.98 Å². The minimum absolute atomic E-state index is 0. The van der Waals surface area contributed by atoms with Gasteiger partial charge in [0.05, 0.1) is 0 Å². The summed E-state index contributed by atoms with van der Waals surface area (Å²) in [6.45, 7) is -0.423. The first-order chi connectivity index (χ1) is 7.47. The third kappa shape index (κ3) is 3.50. The van der Waals surface area contributed by atoms with Crippen LogP contribution in [0.25, 0.3) is 0 Å². The molecule has 0 saturated heterocycles. The maximum absolute atomic E-state index is 11.4. The first kappa shape index (κ1) is 17.9. The number of hydrogen-bond donors (Lipinski definition) is 3. The second-order valence-corrected chi connectivity index (χ2v) is 2.87. The van der Waals surface area contributed by atoms with Crippen molar-refractivity contribution in [3.63, 3.8) is 0 Å². The molecule has 1 rings (SSSR count). The van der Waals surface area contributed by atoms with E-state index in [4.69, 9.17) is 10.8 Å². The lowest BCUT2D eigenvalue weighted by atomic mass is 10.4. The van der Waals surface area contributed by atoms with Gasteiger partial charge in [-0.3, -0.25) is 14.2 Å². The molecule has 11 heteroatoms. The van der Waals surface area contributed by atoms with Crippen LogP contribution in [0.3, 0.4) is 0 Å². The second kappa shape index (κ2) is 6.93. The van der Waals surface area contributed by atoms with Gasteiger partial charge in [0.15, 0.2) is 5.82 Å². The standard InChI is InChI=1S/C7H9N5O4.2H2O/c1-12-6(15)4(11-16)5(8)10-7(12)9-2-3(13)14;;/h2,8H2,1H3,(H,9,10)(H,13,14);2*1H2. The number of hydrogen-bond acceptors (Lipinski definition) is 7. The van der Waals surface area contributed by atoms with E-state index in [1.807, 2.05) is 0 Å². The minimum atomic E-state index is -1.12. The number of nitrogen functional groups attached to an aromatic ring is 1. The maximum Gasteiger partial charge on any atom is 0.322 e. The van der Waals surface area contributed by atoms with Gasteiger partial charge in [-0.1, -0.05) is 0 Å². The molecule has 102 valence electrons.